The van der Waals surface area contributed by atoms with Gasteiger partial charge in [-0.3, -0.25) is 9.59 Å². The molecule has 0 bridgehead atoms. The van der Waals surface area contributed by atoms with Gasteiger partial charge in [-0.2, -0.15) is 0 Å². The van der Waals surface area contributed by atoms with Crippen molar-refractivity contribution in [3.05, 3.63) is 47.0 Å². The molecule has 8 heteroatoms. The lowest BCUT2D eigenvalue weighted by atomic mass is 9.93. The Kier molecular flexibility index (Phi) is 5.56. The van der Waals surface area contributed by atoms with Crippen molar-refractivity contribution in [3.63, 3.8) is 0 Å². The van der Waals surface area contributed by atoms with Crippen LogP contribution < -0.4 is 14.8 Å². The maximum Gasteiger partial charge on any atom is 0.271 e. The molecule has 174 valence electrons. The van der Waals surface area contributed by atoms with E-state index in [1.54, 1.807) is 36.5 Å². The Bertz CT molecular complexity index is 1210. The third-order valence-corrected chi connectivity index (χ3v) is 7.98. The number of hydrogen-bond acceptors (Lipinski definition) is 5. The van der Waals surface area contributed by atoms with E-state index in [-0.39, 0.29) is 24.4 Å². The van der Waals surface area contributed by atoms with Crippen molar-refractivity contribution in [2.45, 2.75) is 57.3 Å². The van der Waals surface area contributed by atoms with Gasteiger partial charge in [-0.05, 0) is 49.4 Å². The van der Waals surface area contributed by atoms with E-state index in [0.717, 1.165) is 41.5 Å². The number of benzene rings is 1. The van der Waals surface area contributed by atoms with Crippen molar-refractivity contribution >= 4 is 33.4 Å². The van der Waals surface area contributed by atoms with E-state index in [1.165, 1.54) is 0 Å². The Balaban J connectivity index is 1.56. The van der Waals surface area contributed by atoms with Crippen LogP contribution in [-0.4, -0.2) is 47.1 Å². The number of carbonyl (C=O) groups excluding carboxylic acids is 2. The Morgan fingerprint density at radius 3 is 2.70 bits per heavy atom. The van der Waals surface area contributed by atoms with Gasteiger partial charge in [-0.1, -0.05) is 12.8 Å². The zero-order valence-corrected chi connectivity index (χ0v) is 20.0. The Morgan fingerprint density at radius 2 is 1.97 bits per heavy atom. The molecule has 1 aliphatic heterocycles. The average Bonchev–Trinajstić information content (AvgIpc) is 3.55. The first kappa shape index (κ1) is 21.8. The first-order valence-corrected chi connectivity index (χ1v) is 12.2. The number of methoxy groups -OCH3 is 2. The van der Waals surface area contributed by atoms with Gasteiger partial charge in [0.05, 0.1) is 27.3 Å². The van der Waals surface area contributed by atoms with E-state index < -0.39 is 5.54 Å². The van der Waals surface area contributed by atoms with E-state index >= 15 is 0 Å². The molecule has 0 radical (unpaired) electrons. The first-order chi connectivity index (χ1) is 15.9. The summed E-state index contributed by atoms with van der Waals surface area (Å²) in [5.74, 6) is 1.06. The fourth-order valence-electron chi connectivity index (χ4n) is 5.07. The molecular formula is C25H29N3O4S. The summed E-state index contributed by atoms with van der Waals surface area (Å²) in [5.41, 5.74) is 0.414. The van der Waals surface area contributed by atoms with E-state index in [9.17, 15) is 9.59 Å². The van der Waals surface area contributed by atoms with Gasteiger partial charge in [0.15, 0.2) is 0 Å². The molecular weight excluding hydrogens is 438 g/mol. The molecule has 2 aromatic heterocycles. The molecule has 1 aliphatic carbocycles. The summed E-state index contributed by atoms with van der Waals surface area (Å²) < 4.78 is 12.9. The molecule has 0 saturated heterocycles. The number of fused-ring (bicyclic) bond motifs is 3. The third-order valence-electron chi connectivity index (χ3n) is 7.03. The van der Waals surface area contributed by atoms with E-state index in [1.807, 2.05) is 41.1 Å². The first-order valence-electron chi connectivity index (χ1n) is 11.3. The quantitative estimate of drug-likeness (QED) is 0.590. The molecule has 1 atom stereocenters. The lowest BCUT2D eigenvalue weighted by Gasteiger charge is -2.44. The maximum absolute atomic E-state index is 13.8. The summed E-state index contributed by atoms with van der Waals surface area (Å²) >= 11 is 1.60. The predicted molar refractivity (Wildman–Crippen MR) is 128 cm³/mol. The number of ether oxygens (including phenoxy) is 2. The lowest BCUT2D eigenvalue weighted by molar-refractivity contribution is -0.133. The average molecular weight is 468 g/mol. The molecule has 0 spiro atoms. The van der Waals surface area contributed by atoms with Crippen molar-refractivity contribution in [2.24, 2.45) is 0 Å². The molecule has 1 fully saturated rings. The van der Waals surface area contributed by atoms with E-state index in [0.29, 0.717) is 23.7 Å². The minimum absolute atomic E-state index is 0.0979. The number of hydrogen-bond donors (Lipinski definition) is 1. The third kappa shape index (κ3) is 3.66. The number of nitrogens with zero attached hydrogens (tertiary/aromatic N) is 2. The smallest absolute Gasteiger partial charge is 0.271 e. The van der Waals surface area contributed by atoms with Crippen LogP contribution in [-0.2, 0) is 17.9 Å². The number of carbonyl (C=O) groups is 2. The second-order valence-electron chi connectivity index (χ2n) is 9.09. The minimum Gasteiger partial charge on any atom is -0.497 e. The molecule has 2 amide bonds. The highest BCUT2D eigenvalue weighted by Crippen LogP contribution is 2.37. The largest absolute Gasteiger partial charge is 0.497 e. The van der Waals surface area contributed by atoms with Gasteiger partial charge in [0, 0.05) is 23.1 Å². The van der Waals surface area contributed by atoms with E-state index in [4.69, 9.17) is 9.47 Å². The number of amides is 2. The molecule has 3 heterocycles. The summed E-state index contributed by atoms with van der Waals surface area (Å²) in [6.07, 6.45) is 4.24. The van der Waals surface area contributed by atoms with Crippen LogP contribution in [0.25, 0.3) is 10.2 Å². The highest BCUT2D eigenvalue weighted by atomic mass is 32.1. The van der Waals surface area contributed by atoms with Crippen LogP contribution in [0, 0.1) is 0 Å². The van der Waals surface area contributed by atoms with Crippen LogP contribution >= 0.6 is 11.3 Å². The van der Waals surface area contributed by atoms with Crippen molar-refractivity contribution in [1.82, 2.24) is 14.8 Å². The van der Waals surface area contributed by atoms with Crippen molar-refractivity contribution in [2.75, 3.05) is 14.2 Å². The van der Waals surface area contributed by atoms with Crippen molar-refractivity contribution < 1.29 is 19.1 Å². The SMILES string of the molecule is COc1ccc(CN2C(=O)c3cc4ccsc4n3CC2(C)C(=O)NC2CCCC2)c(OC)c1. The molecule has 5 rings (SSSR count). The molecule has 3 aromatic rings. The predicted octanol–water partition coefficient (Wildman–Crippen LogP) is 4.19. The van der Waals surface area contributed by atoms with Crippen molar-refractivity contribution in [3.8, 4) is 11.5 Å². The number of rotatable bonds is 6. The van der Waals surface area contributed by atoms with Gasteiger partial charge < -0.3 is 24.3 Å². The molecule has 1 aromatic carbocycles. The summed E-state index contributed by atoms with van der Waals surface area (Å²) in [7, 11) is 3.20. The van der Waals surface area contributed by atoms with Crippen molar-refractivity contribution in [1.29, 1.82) is 0 Å². The molecule has 33 heavy (non-hydrogen) atoms. The topological polar surface area (TPSA) is 72.8 Å². The number of nitrogens with one attached hydrogen (secondary N) is 1. The maximum atomic E-state index is 13.8. The summed E-state index contributed by atoms with van der Waals surface area (Å²) in [6, 6.07) is 9.67. The lowest BCUT2D eigenvalue weighted by Crippen LogP contribution is -2.64. The minimum atomic E-state index is -1.03. The molecule has 1 N–H and O–H groups in total. The highest BCUT2D eigenvalue weighted by Gasteiger charge is 2.48. The summed E-state index contributed by atoms with van der Waals surface area (Å²) in [4.78, 5) is 30.3. The van der Waals surface area contributed by atoms with Crippen LogP contribution in [0.1, 0.15) is 48.7 Å². The molecule has 1 unspecified atom stereocenters. The van der Waals surface area contributed by atoms with Gasteiger partial charge in [-0.15, -0.1) is 11.3 Å². The molecule has 7 nitrogen and oxygen atoms in total. The second kappa shape index (κ2) is 8.41. The molecule has 2 aliphatic rings. The number of thiophene rings is 1. The monoisotopic (exact) mass is 467 g/mol. The normalized spacial score (nSPS) is 20.8. The summed E-state index contributed by atoms with van der Waals surface area (Å²) in [6.45, 7) is 2.56. The summed E-state index contributed by atoms with van der Waals surface area (Å²) in [5, 5.41) is 6.30. The zero-order valence-electron chi connectivity index (χ0n) is 19.2. The Labute approximate surface area is 197 Å². The van der Waals surface area contributed by atoms with Gasteiger partial charge >= 0.3 is 0 Å². The zero-order chi connectivity index (χ0) is 23.2. The van der Waals surface area contributed by atoms with Crippen LogP contribution in [0.15, 0.2) is 35.7 Å². The van der Waals surface area contributed by atoms with Gasteiger partial charge in [-0.25, -0.2) is 0 Å². The Morgan fingerprint density at radius 1 is 1.18 bits per heavy atom. The van der Waals surface area contributed by atoms with Crippen LogP contribution in [0.2, 0.25) is 0 Å². The van der Waals surface area contributed by atoms with Gasteiger partial charge in [0.1, 0.15) is 27.6 Å². The standard InChI is InChI=1S/C25H29N3O4S/c1-25(24(30)26-18-6-4-5-7-18)15-27-20(12-16-10-11-33-23(16)27)22(29)28(25)14-17-8-9-19(31-2)13-21(17)32-3/h8-13,18H,4-7,14-15H2,1-3H3,(H,26,30). The van der Waals surface area contributed by atoms with Gasteiger partial charge in [0.2, 0.25) is 5.91 Å². The number of aromatic nitrogens is 1. The van der Waals surface area contributed by atoms with Crippen LogP contribution in [0.3, 0.4) is 0 Å². The Hall–Kier alpha value is -3.00. The fourth-order valence-corrected chi connectivity index (χ4v) is 5.97. The highest BCUT2D eigenvalue weighted by molar-refractivity contribution is 7.16. The van der Waals surface area contributed by atoms with E-state index in [2.05, 4.69) is 5.32 Å². The second-order valence-corrected chi connectivity index (χ2v) is 9.99. The van der Waals surface area contributed by atoms with Gasteiger partial charge in [0.25, 0.3) is 5.91 Å². The van der Waals surface area contributed by atoms with Crippen LogP contribution in [0.4, 0.5) is 0 Å². The fraction of sp³-hybridized carbons (Fsp3) is 0.440. The van der Waals surface area contributed by atoms with Crippen LogP contribution in [0.5, 0.6) is 11.5 Å². The molecule has 1 saturated carbocycles.